The van der Waals surface area contributed by atoms with Crippen LogP contribution in [-0.4, -0.2) is 56.0 Å². The molecule has 0 spiro atoms. The van der Waals surface area contributed by atoms with Gasteiger partial charge in [0.05, 0.1) is 35.4 Å². The van der Waals surface area contributed by atoms with Gasteiger partial charge in [0.1, 0.15) is 5.69 Å². The van der Waals surface area contributed by atoms with Crippen LogP contribution in [0.2, 0.25) is 0 Å². The molecule has 0 unspecified atom stereocenters. The molecule has 0 aliphatic carbocycles. The van der Waals surface area contributed by atoms with Gasteiger partial charge in [-0.15, -0.1) is 0 Å². The highest BCUT2D eigenvalue weighted by Gasteiger charge is 2.19. The van der Waals surface area contributed by atoms with E-state index in [9.17, 15) is 34.2 Å². The van der Waals surface area contributed by atoms with E-state index in [1.165, 1.54) is 19.2 Å². The van der Waals surface area contributed by atoms with Crippen molar-refractivity contribution in [2.45, 2.75) is 12.8 Å². The molecule has 1 aliphatic heterocycles. The molecule has 2 amide bonds. The monoisotopic (exact) mass is 527 g/mol. The van der Waals surface area contributed by atoms with Gasteiger partial charge in [0.2, 0.25) is 5.82 Å². The summed E-state index contributed by atoms with van der Waals surface area (Å²) in [6.07, 6.45) is 0.444. The zero-order valence-electron chi connectivity index (χ0n) is 20.0. The molecule has 1 aliphatic rings. The van der Waals surface area contributed by atoms with E-state index < -0.39 is 33.5 Å². The third kappa shape index (κ3) is 9.21. The van der Waals surface area contributed by atoms with E-state index in [0.717, 1.165) is 45.3 Å². The van der Waals surface area contributed by atoms with E-state index in [0.29, 0.717) is 23.8 Å². The highest BCUT2D eigenvalue weighted by Crippen LogP contribution is 2.29. The number of nitrogens with one attached hydrogen (secondary N) is 3. The Bertz CT molecular complexity index is 1140. The van der Waals surface area contributed by atoms with Crippen molar-refractivity contribution in [2.75, 3.05) is 49.9 Å². The second kappa shape index (κ2) is 14.1. The van der Waals surface area contributed by atoms with Gasteiger partial charge in [-0.05, 0) is 43.0 Å². The number of ether oxygens (including phenoxy) is 3. The Morgan fingerprint density at radius 1 is 0.973 bits per heavy atom. The van der Waals surface area contributed by atoms with Crippen LogP contribution in [0.5, 0.6) is 0 Å². The molecule has 2 aromatic carbocycles. The average Bonchev–Trinajstić information content (AvgIpc) is 2.89. The van der Waals surface area contributed by atoms with Crippen LogP contribution >= 0.6 is 0 Å². The molecule has 3 N–H and O–H groups in total. The molecule has 15 heteroatoms. The van der Waals surface area contributed by atoms with Gasteiger partial charge in [-0.2, -0.15) is 4.39 Å². The Hall–Kier alpha value is -4.53. The Morgan fingerprint density at radius 2 is 1.49 bits per heavy atom. The summed E-state index contributed by atoms with van der Waals surface area (Å²) in [4.78, 5) is 42.1. The summed E-state index contributed by atoms with van der Waals surface area (Å²) in [5.74, 6) is -0.517. The number of amides is 2. The van der Waals surface area contributed by atoms with E-state index in [1.807, 2.05) is 0 Å². The largest absolute Gasteiger partial charge is 0.453 e. The number of rotatable bonds is 7. The maximum atomic E-state index is 12.9. The van der Waals surface area contributed by atoms with Gasteiger partial charge in [-0.25, -0.2) is 9.59 Å². The summed E-state index contributed by atoms with van der Waals surface area (Å²) in [7, 11) is 2.38. The molecule has 204 valence electrons. The summed E-state index contributed by atoms with van der Waals surface area (Å²) >= 11 is 0. The number of nitrogens with zero attached hydrogens (tertiary/aromatic N) is 2. The first-order valence-corrected chi connectivity index (χ1v) is 10.9. The minimum absolute atomic E-state index is 0. The number of nitro groups is 2. The van der Waals surface area contributed by atoms with E-state index in [1.54, 1.807) is 12.1 Å². The number of carbonyl (C=O) groups excluding carboxylic acids is 2. The fourth-order valence-electron chi connectivity index (χ4n) is 3.18. The Balaban J connectivity index is 0.000000752. The number of methoxy groups -OCH3 is 2. The van der Waals surface area contributed by atoms with Crippen LogP contribution in [0.15, 0.2) is 36.4 Å². The van der Waals surface area contributed by atoms with Gasteiger partial charge in [0.15, 0.2) is 0 Å². The first kappa shape index (κ1) is 28.7. The summed E-state index contributed by atoms with van der Waals surface area (Å²) in [6, 6.07) is 7.48. The number of anilines is 3. The predicted molar refractivity (Wildman–Crippen MR) is 134 cm³/mol. The third-order valence-corrected chi connectivity index (χ3v) is 5.12. The molecule has 0 bridgehead atoms. The number of hydrogen-bond acceptors (Lipinski definition) is 10. The number of nitro benzene ring substituents is 2. The molecular formula is C22H30FN5O9. The van der Waals surface area contributed by atoms with Gasteiger partial charge in [0.25, 0.3) is 5.69 Å². The topological polar surface area (TPSA) is 184 Å². The molecular weight excluding hydrogens is 497 g/mol. The molecule has 2 aromatic rings. The quantitative estimate of drug-likeness (QED) is 0.326. The predicted octanol–water partition coefficient (Wildman–Crippen LogP) is 5.02. The normalized spacial score (nSPS) is 12.8. The second-order valence-electron chi connectivity index (χ2n) is 7.58. The van der Waals surface area contributed by atoms with Crippen LogP contribution in [0.1, 0.15) is 15.7 Å². The molecule has 0 aromatic heterocycles. The maximum absolute atomic E-state index is 12.9. The molecule has 37 heavy (non-hydrogen) atoms. The minimum atomic E-state index is -0.963. The number of hydrogen-bond donors (Lipinski definition) is 3. The van der Waals surface area contributed by atoms with E-state index >= 15 is 0 Å². The van der Waals surface area contributed by atoms with Crippen LogP contribution in [0, 0.1) is 32.0 Å². The molecule has 0 atom stereocenters. The molecule has 3 rings (SSSR count). The van der Waals surface area contributed by atoms with E-state index in [4.69, 9.17) is 4.74 Å². The summed E-state index contributed by atoms with van der Waals surface area (Å²) in [5.41, 5.74) is 0.0573. The lowest BCUT2D eigenvalue weighted by molar-refractivity contribution is -0.387. The van der Waals surface area contributed by atoms with Crippen LogP contribution < -0.4 is 16.0 Å². The van der Waals surface area contributed by atoms with Crippen LogP contribution in [0.4, 0.5) is 42.4 Å². The zero-order chi connectivity index (χ0) is 27.4. The van der Waals surface area contributed by atoms with Crippen molar-refractivity contribution in [1.29, 1.82) is 0 Å². The smallest absolute Gasteiger partial charge is 0.411 e. The van der Waals surface area contributed by atoms with Gasteiger partial charge in [-0.3, -0.25) is 30.9 Å². The molecule has 1 heterocycles. The summed E-state index contributed by atoms with van der Waals surface area (Å²) in [6.45, 7) is 2.13. The molecule has 1 fully saturated rings. The fourth-order valence-corrected chi connectivity index (χ4v) is 3.18. The first-order chi connectivity index (χ1) is 17.6. The van der Waals surface area contributed by atoms with Crippen molar-refractivity contribution in [1.82, 2.24) is 0 Å². The lowest BCUT2D eigenvalue weighted by Gasteiger charge is -2.22. The lowest BCUT2D eigenvalue weighted by Crippen LogP contribution is -2.22. The Labute approximate surface area is 213 Å². The van der Waals surface area contributed by atoms with E-state index in [-0.39, 0.29) is 14.2 Å². The SMILES string of the molecule is COC(=O)Nc1ccc(F)c([N+](=O)[O-])c1.COC(=O)Nc1ccc(NCC2CCOCC2)c([N+](=O)[O-])c1.[HH].[HH]. The number of benzene rings is 2. The minimum Gasteiger partial charge on any atom is -0.453 e. The van der Waals surface area contributed by atoms with Crippen molar-refractivity contribution >= 4 is 40.6 Å². The van der Waals surface area contributed by atoms with Crippen LogP contribution in [-0.2, 0) is 14.2 Å². The van der Waals surface area contributed by atoms with Crippen molar-refractivity contribution in [3.63, 3.8) is 0 Å². The third-order valence-electron chi connectivity index (χ3n) is 5.12. The van der Waals surface area contributed by atoms with Crippen molar-refractivity contribution < 1.29 is 40.9 Å². The van der Waals surface area contributed by atoms with Gasteiger partial charge < -0.3 is 19.5 Å². The standard InChI is InChI=1S/C14H19N3O5.C8H7FN2O4.2H2/c1-21-14(18)16-11-2-3-12(13(8-11)17(19)20)15-9-10-4-6-22-7-5-10;1-15-8(12)10-5-2-3-6(9)7(4-5)11(13)14;;/h2-3,8,10,15H,4-7,9H2,1H3,(H,16,18);2-4H,1H3,(H,10,12);2*1H. The summed E-state index contributed by atoms with van der Waals surface area (Å²) in [5, 5.41) is 29.2. The molecule has 0 radical (unpaired) electrons. The zero-order valence-corrected chi connectivity index (χ0v) is 20.0. The highest BCUT2D eigenvalue weighted by molar-refractivity contribution is 5.86. The molecule has 0 saturated carbocycles. The number of carbonyl (C=O) groups is 2. The van der Waals surface area contributed by atoms with Gasteiger partial charge in [0, 0.05) is 34.7 Å². The molecule has 14 nitrogen and oxygen atoms in total. The number of halogens is 1. The first-order valence-electron chi connectivity index (χ1n) is 10.9. The summed E-state index contributed by atoms with van der Waals surface area (Å²) < 4.78 is 26.9. The van der Waals surface area contributed by atoms with Crippen LogP contribution in [0.3, 0.4) is 0 Å². The Morgan fingerprint density at radius 3 is 2.00 bits per heavy atom. The van der Waals surface area contributed by atoms with Crippen LogP contribution in [0.25, 0.3) is 0 Å². The maximum Gasteiger partial charge on any atom is 0.411 e. The highest BCUT2D eigenvalue weighted by atomic mass is 19.1. The second-order valence-corrected chi connectivity index (χ2v) is 7.58. The van der Waals surface area contributed by atoms with Gasteiger partial charge in [-0.1, -0.05) is 0 Å². The van der Waals surface area contributed by atoms with Crippen molar-refractivity contribution in [3.05, 3.63) is 62.4 Å². The van der Waals surface area contributed by atoms with Crippen molar-refractivity contribution in [3.8, 4) is 0 Å². The average molecular weight is 528 g/mol. The van der Waals surface area contributed by atoms with Crippen molar-refractivity contribution in [2.24, 2.45) is 5.92 Å². The molecule has 1 saturated heterocycles. The van der Waals surface area contributed by atoms with E-state index in [2.05, 4.69) is 25.4 Å². The fraction of sp³-hybridized carbons (Fsp3) is 0.364. The lowest BCUT2D eigenvalue weighted by atomic mass is 10.0. The Kier molecular flexibility index (Phi) is 11.0. The van der Waals surface area contributed by atoms with Gasteiger partial charge >= 0.3 is 17.9 Å².